The summed E-state index contributed by atoms with van der Waals surface area (Å²) in [5.41, 5.74) is -0.910. The van der Waals surface area contributed by atoms with Crippen molar-refractivity contribution in [2.45, 2.75) is 23.9 Å². The third kappa shape index (κ3) is 1.26. The van der Waals surface area contributed by atoms with Gasteiger partial charge in [0.1, 0.15) is 18.3 Å². The molecule has 3 N–H and O–H groups in total. The van der Waals surface area contributed by atoms with Crippen LogP contribution in [0, 0.1) is 0 Å². The molecule has 0 amide bonds. The highest BCUT2D eigenvalue weighted by Gasteiger charge is 2.40. The first-order chi connectivity index (χ1) is 4.66. The smallest absolute Gasteiger partial charge is 0.160 e. The molecular weight excluding hydrogens is 160 g/mol. The van der Waals surface area contributed by atoms with Gasteiger partial charge in [-0.15, -0.1) is 0 Å². The number of alkyl halides is 1. The monoisotopic (exact) mass is 168 g/mol. The summed E-state index contributed by atoms with van der Waals surface area (Å²) >= 11 is 5.39. The Labute approximate surface area is 63.0 Å². The van der Waals surface area contributed by atoms with Crippen LogP contribution in [0.5, 0.6) is 0 Å². The summed E-state index contributed by atoms with van der Waals surface area (Å²) in [6.45, 7) is -0.332. The van der Waals surface area contributed by atoms with Gasteiger partial charge in [0.15, 0.2) is 5.56 Å². The van der Waals surface area contributed by atoms with Gasteiger partial charge >= 0.3 is 0 Å². The molecule has 1 saturated heterocycles. The van der Waals surface area contributed by atoms with Crippen molar-refractivity contribution in [3.8, 4) is 0 Å². The van der Waals surface area contributed by atoms with E-state index in [0.29, 0.717) is 0 Å². The number of rotatable bonds is 1. The van der Waals surface area contributed by atoms with Gasteiger partial charge in [0.2, 0.25) is 0 Å². The van der Waals surface area contributed by atoms with E-state index >= 15 is 0 Å². The van der Waals surface area contributed by atoms with E-state index in [1.54, 1.807) is 0 Å². The van der Waals surface area contributed by atoms with E-state index in [4.69, 9.17) is 31.7 Å². The second kappa shape index (κ2) is 3.02. The maximum atomic E-state index is 9.01. The number of halogens is 1. The van der Waals surface area contributed by atoms with Crippen LogP contribution >= 0.6 is 11.6 Å². The first-order valence-corrected chi connectivity index (χ1v) is 3.37. The lowest BCUT2D eigenvalue weighted by Crippen LogP contribution is -2.32. The topological polar surface area (TPSA) is 69.9 Å². The quantitative estimate of drug-likeness (QED) is 0.424. The summed E-state index contributed by atoms with van der Waals surface area (Å²) in [5.74, 6) is 0. The molecule has 1 rings (SSSR count). The second-order valence-electron chi connectivity index (χ2n) is 2.19. The third-order valence-electron chi connectivity index (χ3n) is 1.48. The molecule has 0 radical (unpaired) electrons. The molecule has 5 heteroatoms. The molecule has 1 fully saturated rings. The Hall–Kier alpha value is 0.130. The average molecular weight is 169 g/mol. The Bertz CT molecular complexity index is 120. The van der Waals surface area contributed by atoms with Crippen LogP contribution in [0.2, 0.25) is 0 Å². The normalized spacial score (nSPS) is 48.0. The van der Waals surface area contributed by atoms with Gasteiger partial charge in [-0.2, -0.15) is 0 Å². The van der Waals surface area contributed by atoms with Crippen LogP contribution in [0.1, 0.15) is 0 Å². The fraction of sp³-hybridized carbons (Fsp3) is 1.00. The van der Waals surface area contributed by atoms with E-state index in [-0.39, 0.29) is 6.61 Å². The van der Waals surface area contributed by atoms with E-state index in [1.165, 1.54) is 0 Å². The lowest BCUT2D eigenvalue weighted by Gasteiger charge is -2.09. The predicted octanol–water partition coefficient (Wildman–Crippen LogP) is -1.34. The average Bonchev–Trinajstić information content (AvgIpc) is 2.17. The molecule has 0 spiro atoms. The highest BCUT2D eigenvalue weighted by atomic mass is 35.5. The summed E-state index contributed by atoms with van der Waals surface area (Å²) in [6.07, 6.45) is -2.93. The molecule has 4 atom stereocenters. The Balaban J connectivity index is 2.53. The van der Waals surface area contributed by atoms with Crippen LogP contribution in [0.15, 0.2) is 0 Å². The summed E-state index contributed by atoms with van der Waals surface area (Å²) in [7, 11) is 0. The summed E-state index contributed by atoms with van der Waals surface area (Å²) in [5, 5.41) is 26.5. The molecule has 0 aromatic carbocycles. The van der Waals surface area contributed by atoms with Crippen molar-refractivity contribution in [3.05, 3.63) is 0 Å². The number of aliphatic hydroxyl groups is 3. The first-order valence-electron chi connectivity index (χ1n) is 2.93. The van der Waals surface area contributed by atoms with Gasteiger partial charge in [-0.1, -0.05) is 11.6 Å². The number of hydrogen-bond acceptors (Lipinski definition) is 4. The molecular formula is C5H9ClO4. The van der Waals surface area contributed by atoms with Crippen LogP contribution in [0.3, 0.4) is 0 Å². The fourth-order valence-electron chi connectivity index (χ4n) is 0.854. The number of hydrogen-bond donors (Lipinski definition) is 3. The zero-order valence-electron chi connectivity index (χ0n) is 5.14. The Morgan fingerprint density at radius 2 is 1.90 bits per heavy atom. The van der Waals surface area contributed by atoms with E-state index in [1.807, 2.05) is 0 Å². The Morgan fingerprint density at radius 3 is 2.10 bits per heavy atom. The predicted molar refractivity (Wildman–Crippen MR) is 33.6 cm³/mol. The third-order valence-corrected chi connectivity index (χ3v) is 1.85. The zero-order valence-corrected chi connectivity index (χ0v) is 5.90. The highest BCUT2D eigenvalue weighted by Crippen LogP contribution is 2.23. The molecule has 0 aromatic rings. The number of aliphatic hydroxyl groups excluding tert-OH is 3. The molecule has 0 unspecified atom stereocenters. The summed E-state index contributed by atoms with van der Waals surface area (Å²) in [4.78, 5) is 0. The fourth-order valence-corrected chi connectivity index (χ4v) is 1.14. The maximum Gasteiger partial charge on any atom is 0.160 e. The van der Waals surface area contributed by atoms with Crippen LogP contribution in [0.25, 0.3) is 0 Å². The van der Waals surface area contributed by atoms with Gasteiger partial charge in [-0.3, -0.25) is 0 Å². The van der Waals surface area contributed by atoms with Crippen LogP contribution in [0.4, 0.5) is 0 Å². The van der Waals surface area contributed by atoms with Crippen molar-refractivity contribution in [2.75, 3.05) is 6.61 Å². The van der Waals surface area contributed by atoms with E-state index in [0.717, 1.165) is 0 Å². The molecule has 10 heavy (non-hydrogen) atoms. The van der Waals surface area contributed by atoms with Crippen molar-refractivity contribution in [1.29, 1.82) is 0 Å². The minimum absolute atomic E-state index is 0.332. The van der Waals surface area contributed by atoms with E-state index in [2.05, 4.69) is 0 Å². The van der Waals surface area contributed by atoms with Gasteiger partial charge in [0, 0.05) is 0 Å². The Morgan fingerprint density at radius 1 is 1.30 bits per heavy atom. The molecule has 0 bridgehead atoms. The lowest BCUT2D eigenvalue weighted by molar-refractivity contribution is -0.00869. The molecule has 0 aromatic heterocycles. The van der Waals surface area contributed by atoms with Gasteiger partial charge in [-0.05, 0) is 0 Å². The van der Waals surface area contributed by atoms with Crippen molar-refractivity contribution in [3.63, 3.8) is 0 Å². The summed E-state index contributed by atoms with van der Waals surface area (Å²) < 4.78 is 4.75. The van der Waals surface area contributed by atoms with Gasteiger partial charge in [0.05, 0.1) is 6.61 Å². The zero-order chi connectivity index (χ0) is 7.72. The van der Waals surface area contributed by atoms with Crippen molar-refractivity contribution in [2.24, 2.45) is 0 Å². The molecule has 0 aliphatic carbocycles. The molecule has 0 saturated carbocycles. The summed E-state index contributed by atoms with van der Waals surface area (Å²) in [6, 6.07) is 0. The lowest BCUT2D eigenvalue weighted by atomic mass is 10.2. The molecule has 4 nitrogen and oxygen atoms in total. The van der Waals surface area contributed by atoms with Crippen LogP contribution in [-0.2, 0) is 4.74 Å². The van der Waals surface area contributed by atoms with Gasteiger partial charge < -0.3 is 20.1 Å². The van der Waals surface area contributed by atoms with Crippen molar-refractivity contribution < 1.29 is 20.1 Å². The van der Waals surface area contributed by atoms with Gasteiger partial charge in [-0.25, -0.2) is 0 Å². The van der Waals surface area contributed by atoms with Crippen molar-refractivity contribution >= 4 is 11.6 Å². The van der Waals surface area contributed by atoms with Crippen LogP contribution in [-0.4, -0.2) is 45.8 Å². The number of ether oxygens (including phenoxy) is 1. The SMILES string of the molecule is OC[C@H]1O[C@H](Cl)[C@H](O)[C@H]1O. The standard InChI is InChI=1S/C5H9ClO4/c6-5-4(9)3(8)2(1-7)10-5/h2-5,7-9H,1H2/t2-,3+,4-,5+/m1/s1. The molecule has 60 valence electrons. The highest BCUT2D eigenvalue weighted by molar-refractivity contribution is 6.20. The van der Waals surface area contributed by atoms with E-state index < -0.39 is 23.9 Å². The molecule has 1 heterocycles. The largest absolute Gasteiger partial charge is 0.394 e. The minimum atomic E-state index is -1.10. The Kier molecular flexibility index (Phi) is 2.49. The first kappa shape index (κ1) is 8.23. The molecule has 1 aliphatic rings. The van der Waals surface area contributed by atoms with Gasteiger partial charge in [0.25, 0.3) is 0 Å². The second-order valence-corrected chi connectivity index (χ2v) is 2.62. The maximum absolute atomic E-state index is 9.01. The van der Waals surface area contributed by atoms with E-state index in [9.17, 15) is 0 Å². The van der Waals surface area contributed by atoms with Crippen molar-refractivity contribution in [1.82, 2.24) is 0 Å². The minimum Gasteiger partial charge on any atom is -0.394 e. The van der Waals surface area contributed by atoms with Crippen LogP contribution < -0.4 is 0 Å². The molecule has 1 aliphatic heterocycles.